The minimum Gasteiger partial charge on any atom is -0.477 e. The third kappa shape index (κ3) is 4.10. The number of aromatic carboxylic acids is 1. The minimum atomic E-state index is -1.60. The molecule has 1 aliphatic heterocycles. The van der Waals surface area contributed by atoms with Crippen molar-refractivity contribution in [2.24, 2.45) is 0 Å². The van der Waals surface area contributed by atoms with Gasteiger partial charge in [0.2, 0.25) is 0 Å². The molecule has 1 aliphatic rings. The molecule has 33 heavy (non-hydrogen) atoms. The third-order valence-corrected chi connectivity index (χ3v) is 5.88. The van der Waals surface area contributed by atoms with Gasteiger partial charge < -0.3 is 9.84 Å². The summed E-state index contributed by atoms with van der Waals surface area (Å²) in [4.78, 5) is 50.4. The van der Waals surface area contributed by atoms with E-state index in [2.05, 4.69) is 0 Å². The maximum atomic E-state index is 15.0. The number of rotatable bonds is 5. The van der Waals surface area contributed by atoms with Crippen molar-refractivity contribution in [3.63, 3.8) is 0 Å². The first-order valence-electron chi connectivity index (χ1n) is 9.46. The van der Waals surface area contributed by atoms with Crippen molar-refractivity contribution in [2.45, 2.75) is 6.54 Å². The van der Waals surface area contributed by atoms with E-state index in [4.69, 9.17) is 27.9 Å². The van der Waals surface area contributed by atoms with Crippen LogP contribution in [0, 0.1) is 5.82 Å². The summed E-state index contributed by atoms with van der Waals surface area (Å²) < 4.78 is 21.2. The Morgan fingerprint density at radius 3 is 2.55 bits per heavy atom. The molecule has 0 atom stereocenters. The lowest BCUT2D eigenvalue weighted by atomic mass is 10.2. The molecule has 0 unspecified atom stereocenters. The monoisotopic (exact) mass is 493 g/mol. The summed E-state index contributed by atoms with van der Waals surface area (Å²) in [6, 6.07) is 8.16. The number of aromatic nitrogens is 2. The van der Waals surface area contributed by atoms with Gasteiger partial charge >= 0.3 is 17.8 Å². The molecular formula is C21H14Cl2FN3O6. The first-order chi connectivity index (χ1) is 15.7. The van der Waals surface area contributed by atoms with Crippen molar-refractivity contribution in [1.29, 1.82) is 0 Å². The predicted octanol–water partition coefficient (Wildman–Crippen LogP) is 3.15. The number of carbonyl (C=O) groups is 2. The molecule has 1 N–H and O–H groups in total. The summed E-state index contributed by atoms with van der Waals surface area (Å²) in [6.07, 6.45) is 0.116. The van der Waals surface area contributed by atoms with Gasteiger partial charge in [-0.1, -0.05) is 35.3 Å². The van der Waals surface area contributed by atoms with Crippen LogP contribution in [0.25, 0.3) is 5.69 Å². The lowest BCUT2D eigenvalue weighted by Crippen LogP contribution is -2.42. The van der Waals surface area contributed by atoms with Crippen LogP contribution in [0.3, 0.4) is 0 Å². The summed E-state index contributed by atoms with van der Waals surface area (Å²) >= 11 is 12.1. The number of carboxylic acid groups (broad SMARTS) is 1. The molecule has 0 aliphatic carbocycles. The number of carboxylic acids is 1. The van der Waals surface area contributed by atoms with Crippen molar-refractivity contribution in [2.75, 3.05) is 18.1 Å². The number of halogens is 3. The van der Waals surface area contributed by atoms with E-state index in [9.17, 15) is 28.7 Å². The van der Waals surface area contributed by atoms with Crippen molar-refractivity contribution in [1.82, 2.24) is 9.13 Å². The number of nitrogens with zero attached hydrogens (tertiary/aromatic N) is 3. The molecule has 1 aromatic heterocycles. The van der Waals surface area contributed by atoms with Crippen LogP contribution in [0.1, 0.15) is 15.9 Å². The highest BCUT2D eigenvalue weighted by molar-refractivity contribution is 6.42. The Morgan fingerprint density at radius 2 is 1.91 bits per heavy atom. The first kappa shape index (κ1) is 22.6. The van der Waals surface area contributed by atoms with Gasteiger partial charge in [-0.05, 0) is 29.8 Å². The molecule has 0 radical (unpaired) electrons. The highest BCUT2D eigenvalue weighted by Crippen LogP contribution is 2.26. The van der Waals surface area contributed by atoms with E-state index in [1.54, 1.807) is 6.07 Å². The molecule has 2 aromatic carbocycles. The van der Waals surface area contributed by atoms with Crippen LogP contribution in [0.4, 0.5) is 14.9 Å². The van der Waals surface area contributed by atoms with E-state index in [1.807, 2.05) is 0 Å². The average Bonchev–Trinajstić information content (AvgIpc) is 3.20. The molecule has 0 spiro atoms. The average molecular weight is 494 g/mol. The van der Waals surface area contributed by atoms with Gasteiger partial charge in [-0.25, -0.2) is 18.8 Å². The fourth-order valence-electron chi connectivity index (χ4n) is 3.39. The Bertz CT molecular complexity index is 1420. The van der Waals surface area contributed by atoms with Crippen LogP contribution in [-0.4, -0.2) is 39.5 Å². The van der Waals surface area contributed by atoms with Crippen molar-refractivity contribution in [3.05, 3.63) is 90.4 Å². The largest absolute Gasteiger partial charge is 0.477 e. The molecule has 170 valence electrons. The first-order valence-corrected chi connectivity index (χ1v) is 10.2. The van der Waals surface area contributed by atoms with Gasteiger partial charge in [-0.15, -0.1) is 0 Å². The fraction of sp³-hybridized carbons (Fsp3) is 0.143. The second kappa shape index (κ2) is 8.72. The number of cyclic esters (lactones) is 1. The SMILES string of the molecule is O=C(O)c1cn(-c2ccc(N3CCOC3=O)cc2F)c(=O)n(Cc2cccc(Cl)c2Cl)c1=O. The Labute approximate surface area is 194 Å². The van der Waals surface area contributed by atoms with Crippen molar-refractivity contribution < 1.29 is 23.8 Å². The van der Waals surface area contributed by atoms with Crippen LogP contribution in [-0.2, 0) is 11.3 Å². The minimum absolute atomic E-state index is 0.0887. The second-order valence-electron chi connectivity index (χ2n) is 7.01. The topological polar surface area (TPSA) is 111 Å². The van der Waals surface area contributed by atoms with Gasteiger partial charge in [0.05, 0.1) is 34.5 Å². The molecule has 3 aromatic rings. The van der Waals surface area contributed by atoms with Gasteiger partial charge in [-0.3, -0.25) is 18.8 Å². The number of amides is 1. The molecule has 4 rings (SSSR count). The van der Waals surface area contributed by atoms with Gasteiger partial charge in [0.25, 0.3) is 5.56 Å². The smallest absolute Gasteiger partial charge is 0.414 e. The number of carbonyl (C=O) groups excluding carboxylic acids is 1. The van der Waals surface area contributed by atoms with Gasteiger partial charge in [0, 0.05) is 6.20 Å². The molecule has 9 nitrogen and oxygen atoms in total. The predicted molar refractivity (Wildman–Crippen MR) is 117 cm³/mol. The van der Waals surface area contributed by atoms with Crippen LogP contribution in [0.5, 0.6) is 0 Å². The highest BCUT2D eigenvalue weighted by atomic mass is 35.5. The Morgan fingerprint density at radius 1 is 1.15 bits per heavy atom. The van der Waals surface area contributed by atoms with Gasteiger partial charge in [-0.2, -0.15) is 0 Å². The molecule has 12 heteroatoms. The van der Waals surface area contributed by atoms with Gasteiger partial charge in [0.1, 0.15) is 18.0 Å². The molecule has 0 bridgehead atoms. The number of hydrogen-bond acceptors (Lipinski definition) is 5. The normalized spacial score (nSPS) is 13.3. The van der Waals surface area contributed by atoms with Crippen LogP contribution in [0.2, 0.25) is 10.0 Å². The molecule has 0 saturated carbocycles. The molecule has 1 saturated heterocycles. The summed E-state index contributed by atoms with van der Waals surface area (Å²) in [5, 5.41) is 9.74. The molecule has 1 amide bonds. The lowest BCUT2D eigenvalue weighted by molar-refractivity contribution is 0.0693. The standard InChI is InChI=1S/C21H14Cl2FN3O6/c22-14-3-1-2-11(17(14)23)9-27-18(28)13(19(29)30)10-26(20(27)31)16-5-4-12(8-15(16)24)25-6-7-33-21(25)32/h1-5,8,10H,6-7,9H2,(H,29,30). The van der Waals surface area contributed by atoms with E-state index in [0.717, 1.165) is 12.3 Å². The van der Waals surface area contributed by atoms with Gasteiger partial charge in [0.15, 0.2) is 0 Å². The maximum Gasteiger partial charge on any atom is 0.414 e. The molecule has 2 heterocycles. The lowest BCUT2D eigenvalue weighted by Gasteiger charge is -2.16. The number of benzene rings is 2. The second-order valence-corrected chi connectivity index (χ2v) is 7.79. The zero-order valence-corrected chi connectivity index (χ0v) is 18.1. The summed E-state index contributed by atoms with van der Waals surface area (Å²) in [7, 11) is 0. The number of anilines is 1. The number of ether oxygens (including phenoxy) is 1. The van der Waals surface area contributed by atoms with Crippen molar-refractivity contribution in [3.8, 4) is 5.69 Å². The number of hydrogen-bond donors (Lipinski definition) is 1. The molecule has 1 fully saturated rings. The van der Waals surface area contributed by atoms with E-state index >= 15 is 0 Å². The van der Waals surface area contributed by atoms with Crippen molar-refractivity contribution >= 4 is 41.0 Å². The van der Waals surface area contributed by atoms with E-state index in [0.29, 0.717) is 14.7 Å². The zero-order valence-electron chi connectivity index (χ0n) is 16.6. The molecular weight excluding hydrogens is 480 g/mol. The summed E-state index contributed by atoms with van der Waals surface area (Å²) in [5.74, 6) is -2.52. The summed E-state index contributed by atoms with van der Waals surface area (Å²) in [5.41, 5.74) is -2.65. The van der Waals surface area contributed by atoms with Crippen LogP contribution >= 0.6 is 23.2 Å². The van der Waals surface area contributed by atoms with Crippen LogP contribution < -0.4 is 16.1 Å². The van der Waals surface area contributed by atoms with E-state index in [1.165, 1.54) is 29.2 Å². The Kier molecular flexibility index (Phi) is 5.96. The third-order valence-electron chi connectivity index (χ3n) is 5.02. The Hall–Kier alpha value is -3.63. The quantitative estimate of drug-likeness (QED) is 0.584. The van der Waals surface area contributed by atoms with E-state index in [-0.39, 0.29) is 34.6 Å². The van der Waals surface area contributed by atoms with Crippen LogP contribution in [0.15, 0.2) is 52.2 Å². The fourth-order valence-corrected chi connectivity index (χ4v) is 3.77. The Balaban J connectivity index is 1.86. The highest BCUT2D eigenvalue weighted by Gasteiger charge is 2.25. The zero-order chi connectivity index (χ0) is 23.9. The summed E-state index contributed by atoms with van der Waals surface area (Å²) in [6.45, 7) is -0.00976. The van der Waals surface area contributed by atoms with E-state index < -0.39 is 41.2 Å². The maximum absolute atomic E-state index is 15.0.